The third-order valence-electron chi connectivity index (χ3n) is 2.19. The third-order valence-corrected chi connectivity index (χ3v) is 2.19. The Kier molecular flexibility index (Phi) is 2.25. The first-order valence-corrected chi connectivity index (χ1v) is 4.41. The van der Waals surface area contributed by atoms with Gasteiger partial charge in [0, 0.05) is 10.9 Å². The number of aromatic amines is 1. The Hall–Kier alpha value is -2.10. The predicted octanol–water partition coefficient (Wildman–Crippen LogP) is 1.77. The number of carbonyl (C=O) groups excluding carboxylic acids is 2. The van der Waals surface area contributed by atoms with E-state index in [4.69, 9.17) is 0 Å². The van der Waals surface area contributed by atoms with Crippen LogP contribution >= 0.6 is 0 Å². The number of fused-ring (bicyclic) bond motifs is 1. The van der Waals surface area contributed by atoms with Gasteiger partial charge in [-0.1, -0.05) is 6.07 Å². The minimum Gasteiger partial charge on any atom is -0.465 e. The molecular formula is C11H9NO3. The molecule has 2 rings (SSSR count). The number of benzene rings is 1. The van der Waals surface area contributed by atoms with Crippen molar-refractivity contribution < 1.29 is 14.3 Å². The highest BCUT2D eigenvalue weighted by molar-refractivity contribution is 5.96. The molecule has 0 spiro atoms. The van der Waals surface area contributed by atoms with Gasteiger partial charge in [-0.25, -0.2) is 4.79 Å². The van der Waals surface area contributed by atoms with E-state index in [1.54, 1.807) is 24.3 Å². The van der Waals surface area contributed by atoms with Crippen molar-refractivity contribution in [2.24, 2.45) is 0 Å². The van der Waals surface area contributed by atoms with Gasteiger partial charge in [0.15, 0.2) is 6.29 Å². The van der Waals surface area contributed by atoms with Crippen molar-refractivity contribution >= 4 is 23.2 Å². The van der Waals surface area contributed by atoms with E-state index in [0.29, 0.717) is 11.3 Å². The van der Waals surface area contributed by atoms with Gasteiger partial charge >= 0.3 is 5.97 Å². The lowest BCUT2D eigenvalue weighted by Gasteiger charge is -1.98. The van der Waals surface area contributed by atoms with Crippen LogP contribution in [0.3, 0.4) is 0 Å². The second-order valence-electron chi connectivity index (χ2n) is 3.14. The minimum absolute atomic E-state index is 0.390. The Morgan fingerprint density at radius 1 is 1.40 bits per heavy atom. The number of aldehydes is 1. The molecule has 0 aliphatic carbocycles. The maximum Gasteiger partial charge on any atom is 0.337 e. The molecule has 0 atom stereocenters. The van der Waals surface area contributed by atoms with Crippen LogP contribution < -0.4 is 0 Å². The molecule has 1 N–H and O–H groups in total. The van der Waals surface area contributed by atoms with Crippen molar-refractivity contribution in [3.8, 4) is 0 Å². The Labute approximate surface area is 85.9 Å². The molecule has 1 heterocycles. The fraction of sp³-hybridized carbons (Fsp3) is 0.0909. The number of hydrogen-bond donors (Lipinski definition) is 1. The predicted molar refractivity (Wildman–Crippen MR) is 55.0 cm³/mol. The lowest BCUT2D eigenvalue weighted by atomic mass is 10.1. The fourth-order valence-corrected chi connectivity index (χ4v) is 1.46. The number of H-pyrrole nitrogens is 1. The van der Waals surface area contributed by atoms with Gasteiger partial charge in [-0.15, -0.1) is 0 Å². The number of carbonyl (C=O) groups is 2. The zero-order chi connectivity index (χ0) is 10.8. The Morgan fingerprint density at radius 2 is 2.20 bits per heavy atom. The van der Waals surface area contributed by atoms with Gasteiger partial charge in [-0.05, 0) is 18.2 Å². The van der Waals surface area contributed by atoms with E-state index >= 15 is 0 Å². The number of esters is 1. The topological polar surface area (TPSA) is 59.2 Å². The van der Waals surface area contributed by atoms with Gasteiger partial charge in [0.1, 0.15) is 0 Å². The van der Waals surface area contributed by atoms with Crippen molar-refractivity contribution in [2.45, 2.75) is 0 Å². The largest absolute Gasteiger partial charge is 0.465 e. The van der Waals surface area contributed by atoms with Crippen molar-refractivity contribution in [3.63, 3.8) is 0 Å². The summed E-state index contributed by atoms with van der Waals surface area (Å²) >= 11 is 0. The highest BCUT2D eigenvalue weighted by atomic mass is 16.5. The van der Waals surface area contributed by atoms with Gasteiger partial charge < -0.3 is 9.72 Å². The molecule has 0 amide bonds. The summed E-state index contributed by atoms with van der Waals surface area (Å²) < 4.78 is 4.60. The van der Waals surface area contributed by atoms with E-state index in [1.807, 2.05) is 0 Å². The van der Waals surface area contributed by atoms with Gasteiger partial charge in [0.2, 0.25) is 0 Å². The van der Waals surface area contributed by atoms with Crippen LogP contribution in [0.5, 0.6) is 0 Å². The van der Waals surface area contributed by atoms with Gasteiger partial charge in [-0.2, -0.15) is 0 Å². The first-order valence-electron chi connectivity index (χ1n) is 4.41. The molecule has 1 aromatic carbocycles. The lowest BCUT2D eigenvalue weighted by Crippen LogP contribution is -2.00. The molecule has 0 unspecified atom stereocenters. The van der Waals surface area contributed by atoms with E-state index in [1.165, 1.54) is 7.11 Å². The Bertz CT molecular complexity index is 528. The van der Waals surface area contributed by atoms with E-state index in [2.05, 4.69) is 9.72 Å². The second-order valence-corrected chi connectivity index (χ2v) is 3.14. The second kappa shape index (κ2) is 3.57. The number of ether oxygens (including phenoxy) is 1. The van der Waals surface area contributed by atoms with Crippen LogP contribution in [0, 0.1) is 0 Å². The van der Waals surface area contributed by atoms with Gasteiger partial charge in [0.25, 0.3) is 0 Å². The van der Waals surface area contributed by atoms with E-state index in [0.717, 1.165) is 17.2 Å². The molecular weight excluding hydrogens is 194 g/mol. The van der Waals surface area contributed by atoms with Crippen LogP contribution in [0.4, 0.5) is 0 Å². The number of nitrogens with one attached hydrogen (secondary N) is 1. The van der Waals surface area contributed by atoms with E-state index in [-0.39, 0.29) is 5.97 Å². The highest BCUT2D eigenvalue weighted by Gasteiger charge is 2.07. The van der Waals surface area contributed by atoms with Crippen molar-refractivity contribution in [1.82, 2.24) is 4.98 Å². The van der Waals surface area contributed by atoms with Crippen LogP contribution in [-0.2, 0) is 4.74 Å². The lowest BCUT2D eigenvalue weighted by molar-refractivity contribution is 0.0601. The SMILES string of the molecule is COC(=O)c1ccc2cc(C=O)[nH]c2c1. The van der Waals surface area contributed by atoms with Crippen molar-refractivity contribution in [2.75, 3.05) is 7.11 Å². The molecule has 0 aliphatic rings. The molecule has 0 fully saturated rings. The summed E-state index contributed by atoms with van der Waals surface area (Å²) in [5.74, 6) is -0.390. The average Bonchev–Trinajstić information content (AvgIpc) is 2.69. The smallest absolute Gasteiger partial charge is 0.337 e. The summed E-state index contributed by atoms with van der Waals surface area (Å²) in [6, 6.07) is 6.82. The molecule has 15 heavy (non-hydrogen) atoms. The first-order chi connectivity index (χ1) is 7.24. The summed E-state index contributed by atoms with van der Waals surface area (Å²) in [5.41, 5.74) is 1.70. The van der Waals surface area contributed by atoms with E-state index < -0.39 is 0 Å². The molecule has 4 nitrogen and oxygen atoms in total. The third kappa shape index (κ3) is 1.61. The summed E-state index contributed by atoms with van der Waals surface area (Å²) in [7, 11) is 1.33. The molecule has 4 heteroatoms. The molecule has 0 saturated heterocycles. The molecule has 1 aromatic heterocycles. The standard InChI is InChI=1S/C11H9NO3/c1-15-11(14)8-3-2-7-4-9(6-13)12-10(7)5-8/h2-6,12H,1H3. The van der Waals surface area contributed by atoms with Crippen molar-refractivity contribution in [1.29, 1.82) is 0 Å². The van der Waals surface area contributed by atoms with Crippen LogP contribution in [0.15, 0.2) is 24.3 Å². The maximum atomic E-state index is 11.2. The average molecular weight is 203 g/mol. The van der Waals surface area contributed by atoms with Crippen LogP contribution in [0.2, 0.25) is 0 Å². The fourth-order valence-electron chi connectivity index (χ4n) is 1.46. The van der Waals surface area contributed by atoms with E-state index in [9.17, 15) is 9.59 Å². The summed E-state index contributed by atoms with van der Waals surface area (Å²) in [6.07, 6.45) is 0.734. The van der Waals surface area contributed by atoms with Crippen LogP contribution in [0.25, 0.3) is 10.9 Å². The molecule has 0 radical (unpaired) electrons. The van der Waals surface area contributed by atoms with Gasteiger partial charge in [0.05, 0.1) is 18.4 Å². The van der Waals surface area contributed by atoms with Crippen LogP contribution in [0.1, 0.15) is 20.8 Å². The monoisotopic (exact) mass is 203 g/mol. The quantitative estimate of drug-likeness (QED) is 0.597. The molecule has 2 aromatic rings. The maximum absolute atomic E-state index is 11.2. The summed E-state index contributed by atoms with van der Waals surface area (Å²) in [6.45, 7) is 0. The normalized spacial score (nSPS) is 10.2. The molecule has 0 aliphatic heterocycles. The summed E-state index contributed by atoms with van der Waals surface area (Å²) in [4.78, 5) is 24.6. The Morgan fingerprint density at radius 3 is 2.87 bits per heavy atom. The zero-order valence-electron chi connectivity index (χ0n) is 8.11. The number of rotatable bonds is 2. The molecule has 0 bridgehead atoms. The molecule has 76 valence electrons. The Balaban J connectivity index is 2.55. The zero-order valence-corrected chi connectivity index (χ0v) is 8.11. The minimum atomic E-state index is -0.390. The number of methoxy groups -OCH3 is 1. The number of hydrogen-bond acceptors (Lipinski definition) is 3. The highest BCUT2D eigenvalue weighted by Crippen LogP contribution is 2.16. The molecule has 0 saturated carbocycles. The van der Waals surface area contributed by atoms with Crippen molar-refractivity contribution in [3.05, 3.63) is 35.5 Å². The first kappa shape index (κ1) is 9.45. The van der Waals surface area contributed by atoms with Gasteiger partial charge in [-0.3, -0.25) is 4.79 Å². The number of aromatic nitrogens is 1. The summed E-state index contributed by atoms with van der Waals surface area (Å²) in [5, 5.41) is 0.893. The van der Waals surface area contributed by atoms with Crippen LogP contribution in [-0.4, -0.2) is 24.3 Å².